The molecule has 2 nitrogen and oxygen atoms in total. The molecule has 1 aromatic carbocycles. The lowest BCUT2D eigenvalue weighted by atomic mass is 9.86. The molecule has 1 rings (SSSR count). The third-order valence-corrected chi connectivity index (χ3v) is 3.34. The normalized spacial score (nSPS) is 15.3. The summed E-state index contributed by atoms with van der Waals surface area (Å²) >= 11 is 6.15. The topological polar surface area (TPSA) is 38.0 Å². The number of nitrogens with one attached hydrogen (secondary N) is 1. The van der Waals surface area contributed by atoms with E-state index in [2.05, 4.69) is 26.2 Å². The summed E-state index contributed by atoms with van der Waals surface area (Å²) < 4.78 is 0. The van der Waals surface area contributed by atoms with Gasteiger partial charge < -0.3 is 0 Å². The zero-order chi connectivity index (χ0) is 11.4. The smallest absolute Gasteiger partial charge is 0.0502 e. The van der Waals surface area contributed by atoms with Crippen LogP contribution in [0.4, 0.5) is 0 Å². The molecule has 15 heavy (non-hydrogen) atoms. The zero-order valence-corrected chi connectivity index (χ0v) is 10.3. The van der Waals surface area contributed by atoms with Crippen molar-refractivity contribution in [2.75, 3.05) is 0 Å². The van der Waals surface area contributed by atoms with Crippen LogP contribution in [-0.2, 0) is 0 Å². The maximum absolute atomic E-state index is 6.15. The molecule has 2 atom stereocenters. The van der Waals surface area contributed by atoms with Gasteiger partial charge in [-0.05, 0) is 23.5 Å². The lowest BCUT2D eigenvalue weighted by Crippen LogP contribution is -2.34. The van der Waals surface area contributed by atoms with E-state index in [1.54, 1.807) is 0 Å². The Bertz CT molecular complexity index is 312. The summed E-state index contributed by atoms with van der Waals surface area (Å²) in [5.41, 5.74) is 3.93. The molecule has 0 spiro atoms. The van der Waals surface area contributed by atoms with Gasteiger partial charge in [-0.25, -0.2) is 0 Å². The average Bonchev–Trinajstić information content (AvgIpc) is 2.21. The molecule has 0 bridgehead atoms. The minimum atomic E-state index is 0.110. The minimum Gasteiger partial charge on any atom is -0.271 e. The van der Waals surface area contributed by atoms with E-state index in [9.17, 15) is 0 Å². The van der Waals surface area contributed by atoms with Crippen LogP contribution < -0.4 is 11.3 Å². The second-order valence-corrected chi connectivity index (χ2v) is 4.68. The third-order valence-electron chi connectivity index (χ3n) is 3.00. The molecular weight excluding hydrogens is 208 g/mol. The molecule has 0 radical (unpaired) electrons. The molecule has 0 aliphatic rings. The third kappa shape index (κ3) is 2.94. The van der Waals surface area contributed by atoms with Gasteiger partial charge >= 0.3 is 0 Å². The van der Waals surface area contributed by atoms with Gasteiger partial charge in [0, 0.05) is 5.02 Å². The Hall–Kier alpha value is -0.570. The lowest BCUT2D eigenvalue weighted by Gasteiger charge is -2.27. The molecule has 0 amide bonds. The first-order valence-corrected chi connectivity index (χ1v) is 5.66. The van der Waals surface area contributed by atoms with Crippen LogP contribution in [-0.4, -0.2) is 0 Å². The minimum absolute atomic E-state index is 0.110. The van der Waals surface area contributed by atoms with Crippen LogP contribution in [0, 0.1) is 11.8 Å². The lowest BCUT2D eigenvalue weighted by molar-refractivity contribution is 0.306. The quantitative estimate of drug-likeness (QED) is 0.612. The molecule has 0 aliphatic carbocycles. The van der Waals surface area contributed by atoms with Gasteiger partial charge in [-0.3, -0.25) is 11.3 Å². The fourth-order valence-electron chi connectivity index (χ4n) is 1.64. The molecule has 0 aromatic heterocycles. The molecule has 3 N–H and O–H groups in total. The van der Waals surface area contributed by atoms with Crippen molar-refractivity contribution in [3.8, 4) is 0 Å². The van der Waals surface area contributed by atoms with Crippen LogP contribution in [0.5, 0.6) is 0 Å². The van der Waals surface area contributed by atoms with E-state index < -0.39 is 0 Å². The molecule has 0 saturated heterocycles. The first-order valence-electron chi connectivity index (χ1n) is 5.28. The monoisotopic (exact) mass is 226 g/mol. The largest absolute Gasteiger partial charge is 0.271 e. The van der Waals surface area contributed by atoms with Crippen molar-refractivity contribution >= 4 is 11.6 Å². The molecule has 0 heterocycles. The molecule has 0 saturated carbocycles. The zero-order valence-electron chi connectivity index (χ0n) is 9.50. The molecule has 84 valence electrons. The molecule has 0 fully saturated rings. The number of hydrazine groups is 1. The Morgan fingerprint density at radius 3 is 2.27 bits per heavy atom. The van der Waals surface area contributed by atoms with E-state index in [0.717, 1.165) is 10.6 Å². The highest BCUT2D eigenvalue weighted by Gasteiger charge is 2.22. The van der Waals surface area contributed by atoms with Crippen LogP contribution >= 0.6 is 11.6 Å². The van der Waals surface area contributed by atoms with E-state index >= 15 is 0 Å². The number of benzene rings is 1. The van der Waals surface area contributed by atoms with E-state index in [4.69, 9.17) is 17.4 Å². The molecular formula is C12H19ClN2. The number of hydrogen-bond donors (Lipinski definition) is 2. The van der Waals surface area contributed by atoms with Crippen LogP contribution in [0.2, 0.25) is 5.02 Å². The Kier molecular flexibility index (Phi) is 4.58. The summed E-state index contributed by atoms with van der Waals surface area (Å²) in [5, 5.41) is 0.771. The number of nitrogens with two attached hydrogens (primary N) is 1. The highest BCUT2D eigenvalue weighted by atomic mass is 35.5. The van der Waals surface area contributed by atoms with Gasteiger partial charge in [0.15, 0.2) is 0 Å². The fraction of sp³-hybridized carbons (Fsp3) is 0.500. The number of hydrogen-bond acceptors (Lipinski definition) is 2. The number of halogens is 1. The summed E-state index contributed by atoms with van der Waals surface area (Å²) in [6, 6.07) is 7.94. The van der Waals surface area contributed by atoms with Crippen molar-refractivity contribution in [1.29, 1.82) is 0 Å². The van der Waals surface area contributed by atoms with Crippen molar-refractivity contribution in [3.05, 3.63) is 34.9 Å². The van der Waals surface area contributed by atoms with Crippen molar-refractivity contribution in [2.45, 2.75) is 26.8 Å². The van der Waals surface area contributed by atoms with E-state index in [1.807, 2.05) is 24.3 Å². The highest BCUT2D eigenvalue weighted by Crippen LogP contribution is 2.31. The van der Waals surface area contributed by atoms with Gasteiger partial charge in [-0.15, -0.1) is 0 Å². The van der Waals surface area contributed by atoms with Crippen molar-refractivity contribution < 1.29 is 0 Å². The summed E-state index contributed by atoms with van der Waals surface area (Å²) in [7, 11) is 0. The molecule has 1 aromatic rings. The Morgan fingerprint density at radius 2 is 1.80 bits per heavy atom. The van der Waals surface area contributed by atoms with Gasteiger partial charge in [0.1, 0.15) is 0 Å². The first-order chi connectivity index (χ1) is 7.07. The highest BCUT2D eigenvalue weighted by molar-refractivity contribution is 6.31. The van der Waals surface area contributed by atoms with Gasteiger partial charge in [-0.1, -0.05) is 50.6 Å². The summed E-state index contributed by atoms with van der Waals surface area (Å²) in [5.74, 6) is 6.60. The SMILES string of the molecule is CC(C)C(C)C(NN)c1ccccc1Cl. The molecule has 0 aliphatic heterocycles. The predicted octanol–water partition coefficient (Wildman–Crippen LogP) is 3.14. The predicted molar refractivity (Wildman–Crippen MR) is 65.5 cm³/mol. The maximum Gasteiger partial charge on any atom is 0.0502 e. The van der Waals surface area contributed by atoms with Crippen LogP contribution in [0.25, 0.3) is 0 Å². The van der Waals surface area contributed by atoms with E-state index in [-0.39, 0.29) is 6.04 Å². The standard InChI is InChI=1S/C12H19ClN2/c1-8(2)9(3)12(15-14)10-6-4-5-7-11(10)13/h4-9,12,15H,14H2,1-3H3. The molecule has 2 unspecified atom stereocenters. The first kappa shape index (κ1) is 12.5. The number of rotatable bonds is 4. The summed E-state index contributed by atoms with van der Waals surface area (Å²) in [6.45, 7) is 6.55. The van der Waals surface area contributed by atoms with Gasteiger partial charge in [-0.2, -0.15) is 0 Å². The Labute approximate surface area is 96.8 Å². The summed E-state index contributed by atoms with van der Waals surface area (Å²) in [4.78, 5) is 0. The second kappa shape index (κ2) is 5.50. The van der Waals surface area contributed by atoms with Crippen LogP contribution in [0.1, 0.15) is 32.4 Å². The van der Waals surface area contributed by atoms with E-state index in [1.165, 1.54) is 0 Å². The van der Waals surface area contributed by atoms with Gasteiger partial charge in [0.2, 0.25) is 0 Å². The van der Waals surface area contributed by atoms with Crippen molar-refractivity contribution in [2.24, 2.45) is 17.7 Å². The van der Waals surface area contributed by atoms with Gasteiger partial charge in [0.05, 0.1) is 6.04 Å². The second-order valence-electron chi connectivity index (χ2n) is 4.27. The van der Waals surface area contributed by atoms with Crippen LogP contribution in [0.3, 0.4) is 0 Å². The van der Waals surface area contributed by atoms with Crippen molar-refractivity contribution in [3.63, 3.8) is 0 Å². The van der Waals surface area contributed by atoms with Crippen LogP contribution in [0.15, 0.2) is 24.3 Å². The Balaban J connectivity index is 2.97. The van der Waals surface area contributed by atoms with Crippen molar-refractivity contribution in [1.82, 2.24) is 5.43 Å². The average molecular weight is 227 g/mol. The fourth-order valence-corrected chi connectivity index (χ4v) is 1.89. The Morgan fingerprint density at radius 1 is 1.20 bits per heavy atom. The van der Waals surface area contributed by atoms with Gasteiger partial charge in [0.25, 0.3) is 0 Å². The van der Waals surface area contributed by atoms with E-state index in [0.29, 0.717) is 11.8 Å². The summed E-state index contributed by atoms with van der Waals surface area (Å²) in [6.07, 6.45) is 0. The maximum atomic E-state index is 6.15. The molecule has 3 heteroatoms.